The van der Waals surface area contributed by atoms with E-state index in [9.17, 15) is 0 Å². The molecule has 1 fully saturated rings. The summed E-state index contributed by atoms with van der Waals surface area (Å²) in [7, 11) is 3.75. The molecule has 4 N–H and O–H groups in total. The van der Waals surface area contributed by atoms with Crippen LogP contribution in [-0.2, 0) is 0 Å². The fourth-order valence-electron chi connectivity index (χ4n) is 4.20. The Kier molecular flexibility index (Phi) is 5.32. The van der Waals surface area contributed by atoms with Gasteiger partial charge in [-0.05, 0) is 19.2 Å². The molecule has 5 rings (SSSR count). The van der Waals surface area contributed by atoms with Gasteiger partial charge in [-0.1, -0.05) is 18.2 Å². The minimum Gasteiger partial charge on any atom is -0.494 e. The lowest BCUT2D eigenvalue weighted by Gasteiger charge is -2.35. The number of anilines is 3. The molecule has 8 heteroatoms. The second-order valence-electron chi connectivity index (χ2n) is 8.00. The summed E-state index contributed by atoms with van der Waals surface area (Å²) in [4.78, 5) is 14.0. The lowest BCUT2D eigenvalue weighted by Crippen LogP contribution is -2.44. The van der Waals surface area contributed by atoms with Crippen molar-refractivity contribution < 1.29 is 4.74 Å². The zero-order valence-electron chi connectivity index (χ0n) is 18.2. The molecule has 0 atom stereocenters. The third kappa shape index (κ3) is 3.51. The third-order valence-electron chi connectivity index (χ3n) is 6.05. The number of hydrogen-bond donors (Lipinski definition) is 2. The Hall–Kier alpha value is -3.36. The van der Waals surface area contributed by atoms with Gasteiger partial charge in [0, 0.05) is 59.5 Å². The number of aromatic nitrogens is 2. The van der Waals surface area contributed by atoms with E-state index in [2.05, 4.69) is 39.3 Å². The van der Waals surface area contributed by atoms with E-state index in [0.717, 1.165) is 43.1 Å². The highest BCUT2D eigenvalue weighted by molar-refractivity contribution is 7.17. The van der Waals surface area contributed by atoms with Crippen molar-refractivity contribution in [3.63, 3.8) is 0 Å². The summed E-state index contributed by atoms with van der Waals surface area (Å²) in [6.45, 7) is 3.71. The van der Waals surface area contributed by atoms with Gasteiger partial charge in [0.15, 0.2) is 5.82 Å². The number of nitrogens with two attached hydrogens (primary N) is 2. The highest BCUT2D eigenvalue weighted by atomic mass is 32.1. The standard InChI is InChI=1S/C24H26N6OS/c1-29-9-11-30(12-10-29)18-13-19(31-2)23(26)21(22(18)25)24-27-8-7-17(28-24)16-14-32-20-6-4-3-5-15(16)20/h3-8,13-14H,9-12,25-26H2,1-2H3. The Bertz CT molecular complexity index is 1280. The van der Waals surface area contributed by atoms with Crippen LogP contribution < -0.4 is 21.1 Å². The van der Waals surface area contributed by atoms with Crippen LogP contribution in [0.1, 0.15) is 0 Å². The van der Waals surface area contributed by atoms with Crippen molar-refractivity contribution in [1.29, 1.82) is 0 Å². The van der Waals surface area contributed by atoms with Crippen molar-refractivity contribution in [3.8, 4) is 28.4 Å². The van der Waals surface area contributed by atoms with Crippen LogP contribution in [0.5, 0.6) is 5.75 Å². The molecule has 3 heterocycles. The molecule has 1 aliphatic rings. The fourth-order valence-corrected chi connectivity index (χ4v) is 5.15. The van der Waals surface area contributed by atoms with Crippen LogP contribution in [0.2, 0.25) is 0 Å². The zero-order valence-corrected chi connectivity index (χ0v) is 19.0. The number of fused-ring (bicyclic) bond motifs is 1. The minimum atomic E-state index is 0.454. The van der Waals surface area contributed by atoms with Crippen molar-refractivity contribution in [3.05, 3.63) is 48.0 Å². The lowest BCUT2D eigenvalue weighted by atomic mass is 10.0. The number of hydrogen-bond acceptors (Lipinski definition) is 8. The summed E-state index contributed by atoms with van der Waals surface area (Å²) in [5.74, 6) is 1.08. The van der Waals surface area contributed by atoms with Gasteiger partial charge in [0.25, 0.3) is 0 Å². The molecule has 0 bridgehead atoms. The fraction of sp³-hybridized carbons (Fsp3) is 0.250. The van der Waals surface area contributed by atoms with Crippen LogP contribution in [-0.4, -0.2) is 55.2 Å². The summed E-state index contributed by atoms with van der Waals surface area (Å²) < 4.78 is 6.83. The first kappa shape index (κ1) is 20.5. The summed E-state index contributed by atoms with van der Waals surface area (Å²) in [5.41, 5.74) is 17.7. The Morgan fingerprint density at radius 2 is 1.81 bits per heavy atom. The van der Waals surface area contributed by atoms with Gasteiger partial charge in [-0.3, -0.25) is 0 Å². The number of nitrogens with zero attached hydrogens (tertiary/aromatic N) is 4. The smallest absolute Gasteiger partial charge is 0.164 e. The van der Waals surface area contributed by atoms with Crippen molar-refractivity contribution in [2.45, 2.75) is 0 Å². The Morgan fingerprint density at radius 3 is 2.59 bits per heavy atom. The Labute approximate surface area is 191 Å². The first-order valence-corrected chi connectivity index (χ1v) is 11.4. The molecular formula is C24H26N6OS. The van der Waals surface area contributed by atoms with E-state index in [0.29, 0.717) is 28.5 Å². The molecule has 0 amide bonds. The Morgan fingerprint density at radius 1 is 1.03 bits per heavy atom. The average molecular weight is 447 g/mol. The molecule has 0 spiro atoms. The first-order valence-electron chi connectivity index (χ1n) is 10.6. The molecule has 0 unspecified atom stereocenters. The maximum absolute atomic E-state index is 6.70. The zero-order chi connectivity index (χ0) is 22.2. The number of likely N-dealkylation sites (N-methyl/N-ethyl adjacent to an activating group) is 1. The molecule has 1 saturated heterocycles. The summed E-state index contributed by atoms with van der Waals surface area (Å²) >= 11 is 1.70. The molecule has 4 aromatic rings. The van der Waals surface area contributed by atoms with Gasteiger partial charge in [0.2, 0.25) is 0 Å². The van der Waals surface area contributed by atoms with Gasteiger partial charge in [0.05, 0.1) is 35.4 Å². The largest absolute Gasteiger partial charge is 0.494 e. The summed E-state index contributed by atoms with van der Waals surface area (Å²) in [6, 6.07) is 12.2. The normalized spacial score (nSPS) is 14.8. The molecular weight excluding hydrogens is 420 g/mol. The predicted octanol–water partition coefficient (Wildman–Crippen LogP) is 3.95. The Balaban J connectivity index is 1.63. The minimum absolute atomic E-state index is 0.454. The van der Waals surface area contributed by atoms with E-state index in [1.54, 1.807) is 24.6 Å². The molecule has 0 saturated carbocycles. The van der Waals surface area contributed by atoms with E-state index in [1.165, 1.54) is 10.1 Å². The molecule has 32 heavy (non-hydrogen) atoms. The number of nitrogen functional groups attached to an aromatic ring is 2. The van der Waals surface area contributed by atoms with Crippen molar-refractivity contribution >= 4 is 38.5 Å². The molecule has 1 aliphatic heterocycles. The third-order valence-corrected chi connectivity index (χ3v) is 7.01. The number of rotatable bonds is 4. The van der Waals surface area contributed by atoms with E-state index in [4.69, 9.17) is 21.2 Å². The van der Waals surface area contributed by atoms with Gasteiger partial charge in [0.1, 0.15) is 5.75 Å². The average Bonchev–Trinajstić information content (AvgIpc) is 3.25. The molecule has 2 aromatic carbocycles. The topological polar surface area (TPSA) is 93.5 Å². The van der Waals surface area contributed by atoms with Crippen LogP contribution in [0.3, 0.4) is 0 Å². The number of methoxy groups -OCH3 is 1. The second kappa shape index (κ2) is 8.29. The lowest BCUT2D eigenvalue weighted by molar-refractivity contribution is 0.313. The monoisotopic (exact) mass is 446 g/mol. The van der Waals surface area contributed by atoms with Gasteiger partial charge < -0.3 is 26.0 Å². The van der Waals surface area contributed by atoms with Crippen LogP contribution in [0, 0.1) is 0 Å². The maximum atomic E-state index is 6.70. The van der Waals surface area contributed by atoms with Crippen molar-refractivity contribution in [2.75, 3.05) is 56.7 Å². The number of piperazine rings is 1. The SMILES string of the molecule is COc1cc(N2CCN(C)CC2)c(N)c(-c2nccc(-c3csc4ccccc34)n2)c1N. The van der Waals surface area contributed by atoms with Crippen LogP contribution >= 0.6 is 11.3 Å². The van der Waals surface area contributed by atoms with Gasteiger partial charge in [-0.15, -0.1) is 11.3 Å². The molecule has 2 aromatic heterocycles. The van der Waals surface area contributed by atoms with Crippen molar-refractivity contribution in [1.82, 2.24) is 14.9 Å². The quantitative estimate of drug-likeness (QED) is 0.459. The summed E-state index contributed by atoms with van der Waals surface area (Å²) in [5, 5.41) is 3.30. The highest BCUT2D eigenvalue weighted by Crippen LogP contribution is 2.44. The van der Waals surface area contributed by atoms with Gasteiger partial charge in [-0.25, -0.2) is 9.97 Å². The van der Waals surface area contributed by atoms with Gasteiger partial charge in [-0.2, -0.15) is 0 Å². The van der Waals surface area contributed by atoms with Gasteiger partial charge >= 0.3 is 0 Å². The maximum Gasteiger partial charge on any atom is 0.164 e. The molecule has 164 valence electrons. The molecule has 0 aliphatic carbocycles. The predicted molar refractivity (Wildman–Crippen MR) is 133 cm³/mol. The molecule has 0 radical (unpaired) electrons. The van der Waals surface area contributed by atoms with E-state index >= 15 is 0 Å². The summed E-state index contributed by atoms with van der Waals surface area (Å²) in [6.07, 6.45) is 1.76. The van der Waals surface area contributed by atoms with E-state index in [-0.39, 0.29) is 0 Å². The van der Waals surface area contributed by atoms with Crippen LogP contribution in [0.15, 0.2) is 48.0 Å². The molecule has 7 nitrogen and oxygen atoms in total. The number of ether oxygens (including phenoxy) is 1. The van der Waals surface area contributed by atoms with Crippen LogP contribution in [0.4, 0.5) is 17.1 Å². The first-order chi connectivity index (χ1) is 15.6. The van der Waals surface area contributed by atoms with Crippen LogP contribution in [0.25, 0.3) is 32.7 Å². The number of thiophene rings is 1. The van der Waals surface area contributed by atoms with E-state index in [1.807, 2.05) is 24.3 Å². The highest BCUT2D eigenvalue weighted by Gasteiger charge is 2.24. The van der Waals surface area contributed by atoms with Crippen molar-refractivity contribution in [2.24, 2.45) is 0 Å². The number of benzene rings is 2. The second-order valence-corrected chi connectivity index (χ2v) is 8.91. The van der Waals surface area contributed by atoms with E-state index < -0.39 is 0 Å².